The fourth-order valence-electron chi connectivity index (χ4n) is 0.882. The van der Waals surface area contributed by atoms with Crippen molar-refractivity contribution in [1.29, 1.82) is 0 Å². The Kier molecular flexibility index (Phi) is 14.7. The van der Waals surface area contributed by atoms with Crippen LogP contribution in [0.5, 0.6) is 0 Å². The van der Waals surface area contributed by atoms with Crippen LogP contribution in [0.2, 0.25) is 0 Å². The molecule has 0 saturated carbocycles. The highest BCUT2D eigenvalue weighted by Gasteiger charge is 1.84. The van der Waals surface area contributed by atoms with Crippen LogP contribution in [-0.2, 0) is 0 Å². The van der Waals surface area contributed by atoms with E-state index in [1.807, 2.05) is 0 Å². The zero-order valence-electron chi connectivity index (χ0n) is 7.36. The lowest BCUT2D eigenvalue weighted by Crippen LogP contribution is -2.04. The molecule has 0 saturated heterocycles. The van der Waals surface area contributed by atoms with Crippen molar-refractivity contribution < 1.29 is 5.11 Å². The third-order valence-electron chi connectivity index (χ3n) is 1.50. The summed E-state index contributed by atoms with van der Waals surface area (Å²) in [5.41, 5.74) is 0. The number of rotatable bonds is 6. The van der Waals surface area contributed by atoms with Crippen molar-refractivity contribution in [3.63, 3.8) is 0 Å². The van der Waals surface area contributed by atoms with Gasteiger partial charge in [0.1, 0.15) is 0 Å². The van der Waals surface area contributed by atoms with E-state index < -0.39 is 0 Å². The summed E-state index contributed by atoms with van der Waals surface area (Å²) in [6.07, 6.45) is 7.22. The van der Waals surface area contributed by atoms with E-state index in [1.165, 1.54) is 25.7 Å². The Balaban J connectivity index is 0. The summed E-state index contributed by atoms with van der Waals surface area (Å²) in [5.74, 6) is 0. The average molecular weight is 147 g/mol. The van der Waals surface area contributed by atoms with Gasteiger partial charge < -0.3 is 11.3 Å². The van der Waals surface area contributed by atoms with Crippen LogP contribution >= 0.6 is 0 Å². The molecule has 0 spiro atoms. The first kappa shape index (κ1) is 12.6. The topological polar surface area (TPSA) is 59.6 Å². The fourth-order valence-corrected chi connectivity index (χ4v) is 0.882. The predicted octanol–water partition coefficient (Wildman–Crippen LogP) is 2.08. The molecule has 2 nitrogen and oxygen atoms in total. The maximum atomic E-state index is 9.96. The fraction of sp³-hybridized carbons (Fsp3) is 1.00. The van der Waals surface area contributed by atoms with Gasteiger partial charge >= 0.3 is 0 Å². The molecular weight excluding hydrogens is 126 g/mol. The molecule has 0 heterocycles. The average Bonchev–Trinajstić information content (AvgIpc) is 1.89. The van der Waals surface area contributed by atoms with Crippen LogP contribution in [0.1, 0.15) is 45.4 Å². The molecular formula is C8H21NO. The first-order valence-corrected chi connectivity index (χ1v) is 4.00. The zero-order valence-corrected chi connectivity index (χ0v) is 7.36. The summed E-state index contributed by atoms with van der Waals surface area (Å²) < 4.78 is 0. The van der Waals surface area contributed by atoms with E-state index in [-0.39, 0.29) is 12.8 Å². The molecule has 64 valence electrons. The van der Waals surface area contributed by atoms with Crippen molar-refractivity contribution in [3.8, 4) is 0 Å². The Labute approximate surface area is 64.2 Å². The highest BCUT2D eigenvalue weighted by molar-refractivity contribution is 4.41. The highest BCUT2D eigenvalue weighted by Crippen LogP contribution is 2.03. The quantitative estimate of drug-likeness (QED) is 0.574. The van der Waals surface area contributed by atoms with E-state index in [9.17, 15) is 5.11 Å². The molecule has 0 aromatic carbocycles. The summed E-state index contributed by atoms with van der Waals surface area (Å²) in [6.45, 7) is 2.32. The number of unbranched alkanes of at least 4 members (excludes halogenated alkanes) is 5. The molecule has 0 aliphatic heterocycles. The van der Waals surface area contributed by atoms with Crippen LogP contribution in [0, 0.1) is 0 Å². The predicted molar refractivity (Wildman–Crippen MR) is 44.2 cm³/mol. The van der Waals surface area contributed by atoms with Gasteiger partial charge in [-0.2, -0.15) is 0 Å². The normalized spacial score (nSPS) is 9.00. The van der Waals surface area contributed by atoms with Gasteiger partial charge in [-0.05, 0) is 0 Å². The van der Waals surface area contributed by atoms with Gasteiger partial charge in [-0.15, -0.1) is 6.61 Å². The Morgan fingerprint density at radius 3 is 1.90 bits per heavy atom. The van der Waals surface area contributed by atoms with Crippen LogP contribution in [-0.4, -0.2) is 6.61 Å². The Hall–Kier alpha value is -0.0800. The molecule has 0 rings (SSSR count). The van der Waals surface area contributed by atoms with Crippen molar-refractivity contribution in [2.24, 2.45) is 0 Å². The van der Waals surface area contributed by atoms with Crippen LogP contribution < -0.4 is 11.3 Å². The largest absolute Gasteiger partial charge is 0.854 e. The third-order valence-corrected chi connectivity index (χ3v) is 1.50. The molecule has 0 fully saturated rings. The van der Waals surface area contributed by atoms with Crippen LogP contribution in [0.15, 0.2) is 0 Å². The maximum absolute atomic E-state index is 9.96. The van der Waals surface area contributed by atoms with Crippen LogP contribution in [0.4, 0.5) is 0 Å². The summed E-state index contributed by atoms with van der Waals surface area (Å²) >= 11 is 0. The molecule has 0 amide bonds. The molecule has 10 heavy (non-hydrogen) atoms. The minimum Gasteiger partial charge on any atom is -0.854 e. The first-order valence-electron chi connectivity index (χ1n) is 4.00. The molecule has 2 heteroatoms. The van der Waals surface area contributed by atoms with Gasteiger partial charge in [0.15, 0.2) is 0 Å². The smallest absolute Gasteiger partial charge is 0.0533 e. The second kappa shape index (κ2) is 11.7. The van der Waals surface area contributed by atoms with Crippen molar-refractivity contribution in [1.82, 2.24) is 6.15 Å². The number of quaternary nitrogens is 1. The second-order valence-electron chi connectivity index (χ2n) is 2.47. The van der Waals surface area contributed by atoms with E-state index in [1.54, 1.807) is 0 Å². The SMILES string of the molecule is CCCCCCCC[O-].[NH4+]. The Bertz CT molecular complexity index is 42.5. The molecule has 0 aliphatic carbocycles. The molecule has 0 bridgehead atoms. The van der Waals surface area contributed by atoms with Gasteiger partial charge in [0, 0.05) is 0 Å². The van der Waals surface area contributed by atoms with E-state index in [0.29, 0.717) is 0 Å². The third kappa shape index (κ3) is 10.8. The van der Waals surface area contributed by atoms with E-state index in [4.69, 9.17) is 0 Å². The summed E-state index contributed by atoms with van der Waals surface area (Å²) in [4.78, 5) is 0. The molecule has 0 radical (unpaired) electrons. The molecule has 0 unspecified atom stereocenters. The molecule has 0 aromatic rings. The summed E-state index contributed by atoms with van der Waals surface area (Å²) in [5, 5.41) is 9.96. The van der Waals surface area contributed by atoms with Gasteiger partial charge in [-0.25, -0.2) is 0 Å². The summed E-state index contributed by atoms with van der Waals surface area (Å²) in [6, 6.07) is 0. The zero-order chi connectivity index (χ0) is 6.95. The lowest BCUT2D eigenvalue weighted by Gasteiger charge is -2.01. The molecule has 4 N–H and O–H groups in total. The lowest BCUT2D eigenvalue weighted by molar-refractivity contribution is -0.368. The first-order chi connectivity index (χ1) is 4.41. The Morgan fingerprint density at radius 1 is 0.900 bits per heavy atom. The lowest BCUT2D eigenvalue weighted by atomic mass is 10.1. The van der Waals surface area contributed by atoms with Gasteiger partial charge in [0.2, 0.25) is 0 Å². The molecule has 0 aliphatic rings. The van der Waals surface area contributed by atoms with E-state index >= 15 is 0 Å². The van der Waals surface area contributed by atoms with Gasteiger partial charge in [-0.1, -0.05) is 45.4 Å². The molecule has 0 aromatic heterocycles. The van der Waals surface area contributed by atoms with Crippen LogP contribution in [0.3, 0.4) is 0 Å². The van der Waals surface area contributed by atoms with Crippen molar-refractivity contribution in [2.75, 3.05) is 6.61 Å². The van der Waals surface area contributed by atoms with Crippen molar-refractivity contribution in [3.05, 3.63) is 0 Å². The molecule has 0 atom stereocenters. The van der Waals surface area contributed by atoms with Crippen LogP contribution in [0.25, 0.3) is 0 Å². The number of hydrogen-bond donors (Lipinski definition) is 1. The van der Waals surface area contributed by atoms with Gasteiger partial charge in [-0.3, -0.25) is 0 Å². The highest BCUT2D eigenvalue weighted by atomic mass is 16.2. The van der Waals surface area contributed by atoms with E-state index in [0.717, 1.165) is 12.8 Å². The number of hydrogen-bond acceptors (Lipinski definition) is 1. The monoisotopic (exact) mass is 147 g/mol. The van der Waals surface area contributed by atoms with E-state index in [2.05, 4.69) is 6.92 Å². The minimum absolute atomic E-state index is 0. The van der Waals surface area contributed by atoms with Crippen molar-refractivity contribution >= 4 is 0 Å². The van der Waals surface area contributed by atoms with Gasteiger partial charge in [0.25, 0.3) is 0 Å². The summed E-state index contributed by atoms with van der Waals surface area (Å²) in [7, 11) is 0. The second-order valence-corrected chi connectivity index (χ2v) is 2.47. The standard InChI is InChI=1S/C8H17O.H3N/c1-2-3-4-5-6-7-8-9;/h2-8H2,1H3;1H3/q-1;/p+1. The Morgan fingerprint density at radius 2 is 1.40 bits per heavy atom. The maximum Gasteiger partial charge on any atom is -0.0533 e. The van der Waals surface area contributed by atoms with Crippen molar-refractivity contribution in [2.45, 2.75) is 45.4 Å². The van der Waals surface area contributed by atoms with Gasteiger partial charge in [0.05, 0.1) is 0 Å². The minimum atomic E-state index is 0.